The molecule has 1 fully saturated rings. The van der Waals surface area contributed by atoms with E-state index in [4.69, 9.17) is 28.5 Å². The molecule has 5 rings (SSSR count). The molecule has 21 nitrogen and oxygen atoms in total. The number of amides is 2. The van der Waals surface area contributed by atoms with Crippen molar-refractivity contribution in [2.45, 2.75) is 73.0 Å². The monoisotopic (exact) mass is 1020 g/mol. The Hall–Kier alpha value is -4.73. The number of hydrogen-bond donors (Lipinski definition) is 0. The molecule has 24 heteroatoms. The first kappa shape index (κ1) is 55.2. The van der Waals surface area contributed by atoms with Crippen LogP contribution in [0.4, 0.5) is 11.4 Å². The lowest BCUT2D eigenvalue weighted by Gasteiger charge is -2.30. The lowest BCUT2D eigenvalue weighted by atomic mass is 9.76. The molecular weight excluding hydrogens is 967 g/mol. The highest BCUT2D eigenvalue weighted by atomic mass is 32.2. The standard InChI is InChI=1S/C45H59N3O18S3/c1-44(18-8-30-67(52,53)54)35-31-33(68(55,56)57)11-13-37(35)46(20-24-62-4)39(44)9-6-5-7-10-40-45(2,19-23-61-3)36-32-34(69(58,59)60)12-14-38(36)47(40)21-25-64-27-29-65-28-26-63-22-17-43(51)66-48-41(49)15-16-42(48)50/h5-7,9-14,31-32H,8,15-30H2,1-4H3,(H2-,52,53,54,55,56,57,58,59,60)/p-2. The van der Waals surface area contributed by atoms with Crippen molar-refractivity contribution in [3.05, 3.63) is 83.6 Å². The molecule has 1 saturated heterocycles. The van der Waals surface area contributed by atoms with Crippen LogP contribution in [0.2, 0.25) is 0 Å². The number of hydroxylamine groups is 2. The van der Waals surface area contributed by atoms with Gasteiger partial charge in [-0.3, -0.25) is 9.59 Å². The zero-order valence-electron chi connectivity index (χ0n) is 38.8. The van der Waals surface area contributed by atoms with Crippen LogP contribution >= 0.6 is 0 Å². The third-order valence-electron chi connectivity index (χ3n) is 12.0. The molecule has 3 aliphatic rings. The van der Waals surface area contributed by atoms with E-state index < -0.39 is 69.6 Å². The number of allylic oxidation sites excluding steroid dienone is 6. The molecule has 380 valence electrons. The van der Waals surface area contributed by atoms with Gasteiger partial charge in [-0.25, -0.2) is 30.0 Å². The maximum absolute atomic E-state index is 12.2. The zero-order valence-corrected chi connectivity index (χ0v) is 41.2. The second-order valence-corrected chi connectivity index (χ2v) is 20.9. The van der Waals surface area contributed by atoms with Crippen LogP contribution in [0.1, 0.15) is 63.5 Å². The Labute approximate surface area is 402 Å². The molecule has 0 saturated carbocycles. The summed E-state index contributed by atoms with van der Waals surface area (Å²) in [6.07, 6.45) is 9.14. The third kappa shape index (κ3) is 14.2. The summed E-state index contributed by atoms with van der Waals surface area (Å²) in [6, 6.07) is 8.23. The number of anilines is 1. The molecule has 2 atom stereocenters. The SMILES string of the molecule is COCC[N+]1=C(/C=C/C=C/C=C2/N(CCOCCOCCOCCC(=O)ON3C(=O)CCC3=O)c3ccc(S(=O)(=O)[O-])cc3C2(C)CCOC)C(C)(CCCS(=O)(=O)[O-])c2cc(S(=O)(=O)[O-])ccc21. The summed E-state index contributed by atoms with van der Waals surface area (Å²) >= 11 is 0. The van der Waals surface area contributed by atoms with Crippen molar-refractivity contribution in [3.8, 4) is 0 Å². The molecule has 0 aromatic heterocycles. The van der Waals surface area contributed by atoms with E-state index in [0.29, 0.717) is 52.8 Å². The van der Waals surface area contributed by atoms with E-state index in [1.807, 2.05) is 22.5 Å². The van der Waals surface area contributed by atoms with Crippen LogP contribution in [-0.4, -0.2) is 158 Å². The Balaban J connectivity index is 1.32. The molecule has 0 N–H and O–H groups in total. The number of methoxy groups -OCH3 is 2. The van der Waals surface area contributed by atoms with Crippen LogP contribution < -0.4 is 4.90 Å². The summed E-state index contributed by atoms with van der Waals surface area (Å²) in [4.78, 5) is 41.1. The molecular formula is C45H57N3O18S3-2. The van der Waals surface area contributed by atoms with Gasteiger partial charge in [-0.15, -0.1) is 5.06 Å². The predicted octanol–water partition coefficient (Wildman–Crippen LogP) is 2.68. The average Bonchev–Trinajstić information content (AvgIpc) is 3.81. The number of carbonyl (C=O) groups excluding carboxylic acids is 3. The molecule has 3 aliphatic heterocycles. The van der Waals surface area contributed by atoms with Gasteiger partial charge in [-0.05, 0) is 75.1 Å². The first-order valence-corrected chi connectivity index (χ1v) is 26.3. The number of benzene rings is 2. The van der Waals surface area contributed by atoms with E-state index >= 15 is 0 Å². The molecule has 2 aromatic carbocycles. The highest BCUT2D eigenvalue weighted by molar-refractivity contribution is 7.86. The summed E-state index contributed by atoms with van der Waals surface area (Å²) in [5.41, 5.74) is 1.74. The zero-order chi connectivity index (χ0) is 50.6. The van der Waals surface area contributed by atoms with Crippen molar-refractivity contribution in [1.82, 2.24) is 5.06 Å². The van der Waals surface area contributed by atoms with Crippen LogP contribution in [0.15, 0.2) is 82.3 Å². The first-order chi connectivity index (χ1) is 32.5. The Morgan fingerprint density at radius 3 is 1.93 bits per heavy atom. The van der Waals surface area contributed by atoms with E-state index in [9.17, 15) is 53.3 Å². The Kier molecular flexibility index (Phi) is 19.1. The number of fused-ring (bicyclic) bond motifs is 2. The molecule has 3 heterocycles. The minimum absolute atomic E-state index is 0.00445. The molecule has 0 aliphatic carbocycles. The maximum Gasteiger partial charge on any atom is 0.335 e. The van der Waals surface area contributed by atoms with Crippen molar-refractivity contribution in [2.75, 3.05) is 90.8 Å². The number of hydrogen-bond acceptors (Lipinski definition) is 19. The van der Waals surface area contributed by atoms with Gasteiger partial charge in [-0.2, -0.15) is 4.58 Å². The van der Waals surface area contributed by atoms with Crippen molar-refractivity contribution in [1.29, 1.82) is 0 Å². The van der Waals surface area contributed by atoms with Crippen molar-refractivity contribution >= 4 is 65.2 Å². The summed E-state index contributed by atoms with van der Waals surface area (Å²) in [7, 11) is -11.2. The number of nitrogens with zero attached hydrogens (tertiary/aromatic N) is 3. The van der Waals surface area contributed by atoms with Crippen LogP contribution in [-0.2, 0) is 84.1 Å². The minimum Gasteiger partial charge on any atom is -0.748 e. The van der Waals surface area contributed by atoms with Crippen molar-refractivity contribution < 1.29 is 86.4 Å². The van der Waals surface area contributed by atoms with Gasteiger partial charge in [0.05, 0.1) is 71.4 Å². The van der Waals surface area contributed by atoms with Gasteiger partial charge < -0.3 is 47.1 Å². The largest absolute Gasteiger partial charge is 0.748 e. The lowest BCUT2D eigenvalue weighted by molar-refractivity contribution is -0.441. The summed E-state index contributed by atoms with van der Waals surface area (Å²) in [6.45, 7) is 5.77. The van der Waals surface area contributed by atoms with Gasteiger partial charge in [0, 0.05) is 80.5 Å². The van der Waals surface area contributed by atoms with Crippen molar-refractivity contribution in [3.63, 3.8) is 0 Å². The van der Waals surface area contributed by atoms with Gasteiger partial charge in [0.2, 0.25) is 5.69 Å². The average molecular weight is 1020 g/mol. The smallest absolute Gasteiger partial charge is 0.335 e. The molecule has 69 heavy (non-hydrogen) atoms. The van der Waals surface area contributed by atoms with Crippen LogP contribution in [0.25, 0.3) is 0 Å². The quantitative estimate of drug-likeness (QED) is 0.0389. The summed E-state index contributed by atoms with van der Waals surface area (Å²) < 4.78 is 137. The topological polar surface area (TPSA) is 288 Å². The molecule has 0 spiro atoms. The van der Waals surface area contributed by atoms with Crippen LogP contribution in [0, 0.1) is 0 Å². The fourth-order valence-electron chi connectivity index (χ4n) is 8.49. The summed E-state index contributed by atoms with van der Waals surface area (Å²) in [5.74, 6) is -2.57. The molecule has 2 amide bonds. The molecule has 0 radical (unpaired) electrons. The van der Waals surface area contributed by atoms with E-state index in [2.05, 4.69) is 0 Å². The normalized spacial score (nSPS) is 20.4. The fraction of sp³-hybridized carbons (Fsp3) is 0.511. The molecule has 2 aromatic rings. The van der Waals surface area contributed by atoms with Crippen LogP contribution in [0.5, 0.6) is 0 Å². The number of carbonyl (C=O) groups is 3. The third-order valence-corrected chi connectivity index (χ3v) is 14.4. The van der Waals surface area contributed by atoms with E-state index in [1.165, 1.54) is 44.6 Å². The minimum atomic E-state index is -4.86. The highest BCUT2D eigenvalue weighted by Crippen LogP contribution is 2.51. The Morgan fingerprint density at radius 2 is 1.32 bits per heavy atom. The van der Waals surface area contributed by atoms with E-state index in [0.717, 1.165) is 5.70 Å². The number of imide groups is 1. The van der Waals surface area contributed by atoms with Crippen LogP contribution in [0.3, 0.4) is 0 Å². The molecule has 2 unspecified atom stereocenters. The van der Waals surface area contributed by atoms with E-state index in [1.54, 1.807) is 37.3 Å². The highest BCUT2D eigenvalue weighted by Gasteiger charge is 2.48. The number of ether oxygens (including phenoxy) is 5. The van der Waals surface area contributed by atoms with Gasteiger partial charge in [0.25, 0.3) is 11.8 Å². The van der Waals surface area contributed by atoms with Gasteiger partial charge in [0.1, 0.15) is 26.8 Å². The Morgan fingerprint density at radius 1 is 0.725 bits per heavy atom. The summed E-state index contributed by atoms with van der Waals surface area (Å²) in [5, 5.41) is 0.475. The predicted molar refractivity (Wildman–Crippen MR) is 243 cm³/mol. The van der Waals surface area contributed by atoms with Gasteiger partial charge >= 0.3 is 5.97 Å². The van der Waals surface area contributed by atoms with Gasteiger partial charge in [0.15, 0.2) is 12.3 Å². The second kappa shape index (κ2) is 23.9. The van der Waals surface area contributed by atoms with Crippen molar-refractivity contribution in [2.24, 2.45) is 0 Å². The van der Waals surface area contributed by atoms with Gasteiger partial charge in [-0.1, -0.05) is 18.2 Å². The first-order valence-electron chi connectivity index (χ1n) is 22.0. The Bertz CT molecular complexity index is 2670. The lowest BCUT2D eigenvalue weighted by Crippen LogP contribution is -2.32. The maximum atomic E-state index is 12.2. The molecule has 0 bridgehead atoms. The second-order valence-electron chi connectivity index (χ2n) is 16.6. The van der Waals surface area contributed by atoms with E-state index in [-0.39, 0.29) is 89.9 Å². The number of rotatable bonds is 28. The fourth-order valence-corrected chi connectivity index (χ4v) is 9.98.